The Labute approximate surface area is 118 Å². The fourth-order valence-electron chi connectivity index (χ4n) is 1.73. The van der Waals surface area contributed by atoms with E-state index in [1.54, 1.807) is 24.3 Å². The van der Waals surface area contributed by atoms with Gasteiger partial charge < -0.3 is 16.4 Å². The van der Waals surface area contributed by atoms with Crippen molar-refractivity contribution in [1.82, 2.24) is 5.32 Å². The van der Waals surface area contributed by atoms with Gasteiger partial charge in [-0.2, -0.15) is 0 Å². The molecule has 1 aromatic carbocycles. The van der Waals surface area contributed by atoms with E-state index < -0.39 is 5.54 Å². The van der Waals surface area contributed by atoms with Crippen molar-refractivity contribution in [2.24, 2.45) is 11.7 Å². The molecule has 0 saturated heterocycles. The van der Waals surface area contributed by atoms with E-state index in [1.165, 1.54) is 0 Å². The second kappa shape index (κ2) is 5.63. The average molecular weight is 275 g/mol. The summed E-state index contributed by atoms with van der Waals surface area (Å²) in [6, 6.07) is 6.88. The van der Waals surface area contributed by atoms with E-state index in [9.17, 15) is 9.59 Å². The summed E-state index contributed by atoms with van der Waals surface area (Å²) in [6.07, 6.45) is 1.95. The molecule has 2 amide bonds. The molecule has 0 spiro atoms. The standard InChI is InChI=1S/C15H21N3O2/c1-15(2,9-16)18-14(20)11-5-7-12(8-6-11)17-13(19)10-3-4-10/h5-8,10H,3-4,9,16H2,1-2H3,(H,17,19)(H,18,20). The maximum Gasteiger partial charge on any atom is 0.251 e. The van der Waals surface area contributed by atoms with E-state index in [1.807, 2.05) is 13.8 Å². The number of amides is 2. The summed E-state index contributed by atoms with van der Waals surface area (Å²) >= 11 is 0. The molecule has 20 heavy (non-hydrogen) atoms. The van der Waals surface area contributed by atoms with Gasteiger partial charge in [-0.25, -0.2) is 0 Å². The molecule has 0 heterocycles. The summed E-state index contributed by atoms with van der Waals surface area (Å²) in [7, 11) is 0. The van der Waals surface area contributed by atoms with E-state index in [4.69, 9.17) is 5.73 Å². The normalized spacial score (nSPS) is 14.8. The molecule has 4 N–H and O–H groups in total. The lowest BCUT2D eigenvalue weighted by Crippen LogP contribution is -2.48. The zero-order valence-electron chi connectivity index (χ0n) is 11.9. The molecule has 0 aliphatic heterocycles. The largest absolute Gasteiger partial charge is 0.346 e. The van der Waals surface area contributed by atoms with Gasteiger partial charge in [0.15, 0.2) is 0 Å². The summed E-state index contributed by atoms with van der Waals surface area (Å²) in [4.78, 5) is 23.6. The third kappa shape index (κ3) is 3.81. The van der Waals surface area contributed by atoms with Crippen LogP contribution in [0.25, 0.3) is 0 Å². The maximum atomic E-state index is 12.0. The Kier molecular flexibility index (Phi) is 4.09. The second-order valence-electron chi connectivity index (χ2n) is 5.88. The molecule has 1 aliphatic carbocycles. The van der Waals surface area contributed by atoms with Crippen LogP contribution in [0.1, 0.15) is 37.0 Å². The summed E-state index contributed by atoms with van der Waals surface area (Å²) in [6.45, 7) is 4.11. The molecule has 1 aromatic rings. The van der Waals surface area contributed by atoms with Crippen LogP contribution in [0.4, 0.5) is 5.69 Å². The lowest BCUT2D eigenvalue weighted by Gasteiger charge is -2.24. The predicted molar refractivity (Wildman–Crippen MR) is 78.4 cm³/mol. The van der Waals surface area contributed by atoms with Crippen LogP contribution in [0.5, 0.6) is 0 Å². The van der Waals surface area contributed by atoms with Crippen molar-refractivity contribution in [3.05, 3.63) is 29.8 Å². The molecular weight excluding hydrogens is 254 g/mol. The van der Waals surface area contributed by atoms with Gasteiger partial charge in [-0.3, -0.25) is 9.59 Å². The van der Waals surface area contributed by atoms with E-state index in [0.717, 1.165) is 18.5 Å². The van der Waals surface area contributed by atoms with E-state index in [0.29, 0.717) is 12.1 Å². The van der Waals surface area contributed by atoms with Crippen LogP contribution >= 0.6 is 0 Å². The zero-order valence-corrected chi connectivity index (χ0v) is 11.9. The van der Waals surface area contributed by atoms with E-state index in [2.05, 4.69) is 10.6 Å². The van der Waals surface area contributed by atoms with Crippen LogP contribution in [-0.4, -0.2) is 23.9 Å². The van der Waals surface area contributed by atoms with Crippen molar-refractivity contribution in [2.75, 3.05) is 11.9 Å². The van der Waals surface area contributed by atoms with E-state index >= 15 is 0 Å². The second-order valence-corrected chi connectivity index (χ2v) is 5.88. The Morgan fingerprint density at radius 1 is 1.25 bits per heavy atom. The Morgan fingerprint density at radius 2 is 1.85 bits per heavy atom. The van der Waals surface area contributed by atoms with Crippen molar-refractivity contribution >= 4 is 17.5 Å². The summed E-state index contributed by atoms with van der Waals surface area (Å²) in [5.74, 6) is 0.0651. The highest BCUT2D eigenvalue weighted by molar-refractivity contribution is 5.97. The van der Waals surface area contributed by atoms with Crippen LogP contribution in [0.15, 0.2) is 24.3 Å². The number of carbonyl (C=O) groups excluding carboxylic acids is 2. The molecular formula is C15H21N3O2. The van der Waals surface area contributed by atoms with Crippen molar-refractivity contribution in [1.29, 1.82) is 0 Å². The summed E-state index contributed by atoms with van der Waals surface area (Å²) in [5, 5.41) is 5.70. The number of hydrogen-bond donors (Lipinski definition) is 3. The van der Waals surface area contributed by atoms with Gasteiger partial charge in [0, 0.05) is 29.3 Å². The smallest absolute Gasteiger partial charge is 0.251 e. The summed E-state index contributed by atoms with van der Waals surface area (Å²) < 4.78 is 0. The first-order chi connectivity index (χ1) is 9.41. The fourth-order valence-corrected chi connectivity index (χ4v) is 1.73. The topological polar surface area (TPSA) is 84.2 Å². The first kappa shape index (κ1) is 14.5. The van der Waals surface area contributed by atoms with Gasteiger partial charge in [0.25, 0.3) is 5.91 Å². The van der Waals surface area contributed by atoms with Crippen molar-refractivity contribution < 1.29 is 9.59 Å². The molecule has 0 radical (unpaired) electrons. The van der Waals surface area contributed by atoms with E-state index in [-0.39, 0.29) is 17.7 Å². The molecule has 0 atom stereocenters. The first-order valence-corrected chi connectivity index (χ1v) is 6.85. The maximum absolute atomic E-state index is 12.0. The predicted octanol–water partition coefficient (Wildman–Crippen LogP) is 1.50. The molecule has 5 nitrogen and oxygen atoms in total. The Balaban J connectivity index is 1.96. The molecule has 0 unspecified atom stereocenters. The Hall–Kier alpha value is -1.88. The molecule has 1 saturated carbocycles. The van der Waals surface area contributed by atoms with Gasteiger partial charge in [0.05, 0.1) is 0 Å². The zero-order chi connectivity index (χ0) is 14.8. The minimum atomic E-state index is -0.435. The lowest BCUT2D eigenvalue weighted by molar-refractivity contribution is -0.117. The monoisotopic (exact) mass is 275 g/mol. The van der Waals surface area contributed by atoms with Gasteiger partial charge in [-0.1, -0.05) is 0 Å². The third-order valence-corrected chi connectivity index (χ3v) is 3.32. The van der Waals surface area contributed by atoms with Gasteiger partial charge in [-0.15, -0.1) is 0 Å². The number of nitrogens with one attached hydrogen (secondary N) is 2. The number of hydrogen-bond acceptors (Lipinski definition) is 3. The highest BCUT2D eigenvalue weighted by Gasteiger charge is 2.29. The van der Waals surface area contributed by atoms with Crippen LogP contribution in [-0.2, 0) is 4.79 Å². The molecule has 0 aromatic heterocycles. The highest BCUT2D eigenvalue weighted by Crippen LogP contribution is 2.30. The quantitative estimate of drug-likeness (QED) is 0.761. The number of rotatable bonds is 5. The molecule has 1 fully saturated rings. The summed E-state index contributed by atoms with van der Waals surface area (Å²) in [5.41, 5.74) is 6.42. The Bertz CT molecular complexity index is 504. The SMILES string of the molecule is CC(C)(CN)NC(=O)c1ccc(NC(=O)C2CC2)cc1. The fraction of sp³-hybridized carbons (Fsp3) is 0.467. The van der Waals surface area contributed by atoms with Crippen LogP contribution < -0.4 is 16.4 Å². The number of benzene rings is 1. The minimum absolute atomic E-state index is 0.0615. The molecule has 2 rings (SSSR count). The van der Waals surface area contributed by atoms with Gasteiger partial charge >= 0.3 is 0 Å². The molecule has 5 heteroatoms. The molecule has 1 aliphatic rings. The third-order valence-electron chi connectivity index (χ3n) is 3.32. The van der Waals surface area contributed by atoms with Crippen LogP contribution in [0.3, 0.4) is 0 Å². The average Bonchev–Trinajstić information content (AvgIpc) is 3.23. The first-order valence-electron chi connectivity index (χ1n) is 6.85. The van der Waals surface area contributed by atoms with Gasteiger partial charge in [0.1, 0.15) is 0 Å². The molecule has 108 valence electrons. The highest BCUT2D eigenvalue weighted by atomic mass is 16.2. The number of nitrogens with two attached hydrogens (primary N) is 1. The van der Waals surface area contributed by atoms with Gasteiger partial charge in [0.2, 0.25) is 5.91 Å². The Morgan fingerprint density at radius 3 is 2.35 bits per heavy atom. The number of carbonyl (C=O) groups is 2. The van der Waals surface area contributed by atoms with Crippen LogP contribution in [0, 0.1) is 5.92 Å². The molecule has 0 bridgehead atoms. The van der Waals surface area contributed by atoms with Crippen molar-refractivity contribution in [3.8, 4) is 0 Å². The minimum Gasteiger partial charge on any atom is -0.346 e. The van der Waals surface area contributed by atoms with Crippen molar-refractivity contribution in [2.45, 2.75) is 32.2 Å². The lowest BCUT2D eigenvalue weighted by atomic mass is 10.1. The van der Waals surface area contributed by atoms with Gasteiger partial charge in [-0.05, 0) is 51.0 Å². The number of anilines is 1. The van der Waals surface area contributed by atoms with Crippen molar-refractivity contribution in [3.63, 3.8) is 0 Å². The van der Waals surface area contributed by atoms with Crippen LogP contribution in [0.2, 0.25) is 0 Å².